The molecule has 20 heavy (non-hydrogen) atoms. The minimum atomic E-state index is 0.0478. The molecule has 0 fully saturated rings. The van der Waals surface area contributed by atoms with Crippen LogP contribution in [0.25, 0.3) is 21.3 Å². The van der Waals surface area contributed by atoms with Crippen LogP contribution in [0.15, 0.2) is 53.3 Å². The molecule has 2 aromatic carbocycles. The minimum absolute atomic E-state index is 0.0478. The van der Waals surface area contributed by atoms with Crippen LogP contribution in [0.4, 0.5) is 0 Å². The van der Waals surface area contributed by atoms with Gasteiger partial charge in [-0.3, -0.25) is 9.36 Å². The van der Waals surface area contributed by atoms with E-state index >= 15 is 0 Å². The molecule has 98 valence electrons. The Labute approximate surface area is 118 Å². The summed E-state index contributed by atoms with van der Waals surface area (Å²) >= 11 is 1.27. The lowest BCUT2D eigenvalue weighted by Crippen LogP contribution is -2.14. The van der Waals surface area contributed by atoms with Gasteiger partial charge >= 0.3 is 4.87 Å². The number of para-hydroxylation sites is 3. The van der Waals surface area contributed by atoms with Crippen LogP contribution >= 0.6 is 11.3 Å². The zero-order chi connectivity index (χ0) is 13.5. The largest absolute Gasteiger partial charge is 0.340 e. The molecule has 4 rings (SSSR count). The van der Waals surface area contributed by atoms with Crippen LogP contribution in [0, 0.1) is 0 Å². The smallest absolute Gasteiger partial charge is 0.308 e. The molecule has 0 radical (unpaired) electrons. The molecule has 0 aliphatic rings. The SMILES string of the molecule is O=c1sc2ccccc2n1Cc1nc2ccccc2[nH]1. The summed E-state index contributed by atoms with van der Waals surface area (Å²) in [6.07, 6.45) is 0. The number of nitrogens with zero attached hydrogens (tertiary/aromatic N) is 2. The summed E-state index contributed by atoms with van der Waals surface area (Å²) in [5.41, 5.74) is 2.88. The minimum Gasteiger partial charge on any atom is -0.340 e. The summed E-state index contributed by atoms with van der Waals surface area (Å²) in [6.45, 7) is 0.470. The number of aromatic amines is 1. The van der Waals surface area contributed by atoms with E-state index in [-0.39, 0.29) is 4.87 Å². The van der Waals surface area contributed by atoms with E-state index in [2.05, 4.69) is 9.97 Å². The van der Waals surface area contributed by atoms with Crippen molar-refractivity contribution in [3.8, 4) is 0 Å². The molecule has 0 saturated heterocycles. The molecular formula is C15H11N3OS. The average Bonchev–Trinajstić information content (AvgIpc) is 3.00. The molecule has 4 nitrogen and oxygen atoms in total. The monoisotopic (exact) mass is 281 g/mol. The Bertz CT molecular complexity index is 931. The second-order valence-corrected chi connectivity index (χ2v) is 5.62. The second-order valence-electron chi connectivity index (χ2n) is 4.62. The number of hydrogen-bond donors (Lipinski definition) is 1. The van der Waals surface area contributed by atoms with Crippen LogP contribution in [-0.2, 0) is 6.54 Å². The van der Waals surface area contributed by atoms with E-state index in [9.17, 15) is 4.79 Å². The Morgan fingerprint density at radius 1 is 1.10 bits per heavy atom. The lowest BCUT2D eigenvalue weighted by molar-refractivity contribution is 0.773. The van der Waals surface area contributed by atoms with E-state index in [0.29, 0.717) is 6.54 Å². The summed E-state index contributed by atoms with van der Waals surface area (Å²) in [7, 11) is 0. The molecule has 0 spiro atoms. The molecule has 0 amide bonds. The highest BCUT2D eigenvalue weighted by atomic mass is 32.1. The molecule has 0 aliphatic carbocycles. The molecule has 2 heterocycles. The summed E-state index contributed by atoms with van der Waals surface area (Å²) in [4.78, 5) is 19.9. The van der Waals surface area contributed by atoms with Gasteiger partial charge in [0.15, 0.2) is 0 Å². The third kappa shape index (κ3) is 1.75. The quantitative estimate of drug-likeness (QED) is 0.614. The molecule has 4 aromatic rings. The molecule has 2 aromatic heterocycles. The summed E-state index contributed by atoms with van der Waals surface area (Å²) in [6, 6.07) is 15.7. The van der Waals surface area contributed by atoms with Crippen molar-refractivity contribution in [3.05, 3.63) is 64.0 Å². The molecular weight excluding hydrogens is 270 g/mol. The predicted octanol–water partition coefficient (Wildman–Crippen LogP) is 2.99. The van der Waals surface area contributed by atoms with Crippen molar-refractivity contribution in [2.75, 3.05) is 0 Å². The van der Waals surface area contributed by atoms with Gasteiger partial charge < -0.3 is 4.98 Å². The number of benzene rings is 2. The lowest BCUT2D eigenvalue weighted by Gasteiger charge is -2.00. The standard InChI is InChI=1S/C15H11N3OS/c19-15-18(12-7-3-4-8-13(12)20-15)9-14-16-10-5-1-2-6-11(10)17-14/h1-8H,9H2,(H,16,17). The van der Waals surface area contributed by atoms with Gasteiger partial charge in [0.25, 0.3) is 0 Å². The van der Waals surface area contributed by atoms with E-state index in [1.54, 1.807) is 4.57 Å². The normalized spacial score (nSPS) is 11.4. The first-order chi connectivity index (χ1) is 9.81. The lowest BCUT2D eigenvalue weighted by atomic mass is 10.3. The van der Waals surface area contributed by atoms with Crippen molar-refractivity contribution < 1.29 is 0 Å². The van der Waals surface area contributed by atoms with E-state index in [4.69, 9.17) is 0 Å². The van der Waals surface area contributed by atoms with Crippen molar-refractivity contribution in [2.45, 2.75) is 6.54 Å². The average molecular weight is 281 g/mol. The van der Waals surface area contributed by atoms with Gasteiger partial charge in [0.2, 0.25) is 0 Å². The van der Waals surface area contributed by atoms with E-state index in [0.717, 1.165) is 27.1 Å². The number of thiazole rings is 1. The number of rotatable bonds is 2. The maximum Gasteiger partial charge on any atom is 0.308 e. The fourth-order valence-electron chi connectivity index (χ4n) is 2.39. The fourth-order valence-corrected chi connectivity index (χ4v) is 3.28. The topological polar surface area (TPSA) is 50.7 Å². The maximum absolute atomic E-state index is 12.1. The highest BCUT2D eigenvalue weighted by Gasteiger charge is 2.09. The van der Waals surface area contributed by atoms with Gasteiger partial charge in [-0.2, -0.15) is 0 Å². The Hall–Kier alpha value is -2.40. The maximum atomic E-state index is 12.1. The van der Waals surface area contributed by atoms with E-state index < -0.39 is 0 Å². The van der Waals surface area contributed by atoms with Crippen LogP contribution in [-0.4, -0.2) is 14.5 Å². The Morgan fingerprint density at radius 3 is 2.80 bits per heavy atom. The molecule has 0 atom stereocenters. The summed E-state index contributed by atoms with van der Waals surface area (Å²) in [5, 5.41) is 0. The van der Waals surface area contributed by atoms with Gasteiger partial charge in [-0.25, -0.2) is 4.98 Å². The number of fused-ring (bicyclic) bond motifs is 2. The van der Waals surface area contributed by atoms with Gasteiger partial charge in [-0.15, -0.1) is 0 Å². The molecule has 5 heteroatoms. The summed E-state index contributed by atoms with van der Waals surface area (Å²) < 4.78 is 2.77. The van der Waals surface area contributed by atoms with Gasteiger partial charge in [0, 0.05) is 0 Å². The zero-order valence-corrected chi connectivity index (χ0v) is 11.4. The van der Waals surface area contributed by atoms with Crippen molar-refractivity contribution >= 4 is 32.6 Å². The van der Waals surface area contributed by atoms with Gasteiger partial charge in [0.05, 0.1) is 27.8 Å². The number of nitrogens with one attached hydrogen (secondary N) is 1. The van der Waals surface area contributed by atoms with Crippen molar-refractivity contribution in [3.63, 3.8) is 0 Å². The zero-order valence-electron chi connectivity index (χ0n) is 10.5. The first-order valence-corrected chi connectivity index (χ1v) is 7.15. The third-order valence-electron chi connectivity index (χ3n) is 3.32. The van der Waals surface area contributed by atoms with Crippen molar-refractivity contribution in [1.29, 1.82) is 0 Å². The first kappa shape index (κ1) is 11.4. The predicted molar refractivity (Wildman–Crippen MR) is 81.3 cm³/mol. The molecule has 0 aliphatic heterocycles. The van der Waals surface area contributed by atoms with E-state index in [1.165, 1.54) is 11.3 Å². The third-order valence-corrected chi connectivity index (χ3v) is 4.28. The molecule has 1 N–H and O–H groups in total. The number of H-pyrrole nitrogens is 1. The Morgan fingerprint density at radius 2 is 1.90 bits per heavy atom. The van der Waals surface area contributed by atoms with Crippen LogP contribution in [0.1, 0.15) is 5.82 Å². The molecule has 0 unspecified atom stereocenters. The molecule has 0 bridgehead atoms. The van der Waals surface area contributed by atoms with Gasteiger partial charge in [-0.05, 0) is 24.3 Å². The Balaban J connectivity index is 1.84. The van der Waals surface area contributed by atoms with Crippen LogP contribution in [0.2, 0.25) is 0 Å². The number of aromatic nitrogens is 3. The Kier molecular flexibility index (Phi) is 2.47. The number of imidazole rings is 1. The van der Waals surface area contributed by atoms with Crippen LogP contribution < -0.4 is 4.87 Å². The van der Waals surface area contributed by atoms with Gasteiger partial charge in [-0.1, -0.05) is 35.6 Å². The summed E-state index contributed by atoms with van der Waals surface area (Å²) in [5.74, 6) is 0.803. The first-order valence-electron chi connectivity index (χ1n) is 6.33. The highest BCUT2D eigenvalue weighted by Crippen LogP contribution is 2.18. The van der Waals surface area contributed by atoms with E-state index in [1.807, 2.05) is 48.5 Å². The van der Waals surface area contributed by atoms with Gasteiger partial charge in [0.1, 0.15) is 5.82 Å². The fraction of sp³-hybridized carbons (Fsp3) is 0.0667. The molecule has 0 saturated carbocycles. The van der Waals surface area contributed by atoms with Crippen LogP contribution in [0.5, 0.6) is 0 Å². The van der Waals surface area contributed by atoms with Crippen molar-refractivity contribution in [1.82, 2.24) is 14.5 Å². The second kappa shape index (κ2) is 4.31. The van der Waals surface area contributed by atoms with Crippen LogP contribution in [0.3, 0.4) is 0 Å². The highest BCUT2D eigenvalue weighted by molar-refractivity contribution is 7.16. The number of hydrogen-bond acceptors (Lipinski definition) is 3. The van der Waals surface area contributed by atoms with Crippen molar-refractivity contribution in [2.24, 2.45) is 0 Å².